The molecular weight excluding hydrogens is 425 g/mol. The molecule has 3 rings (SSSR count). The van der Waals surface area contributed by atoms with Crippen LogP contribution in [0.5, 0.6) is 0 Å². The van der Waals surface area contributed by atoms with Crippen LogP contribution in [0.1, 0.15) is 22.3 Å². The average Bonchev–Trinajstić information content (AvgIpc) is 2.65. The lowest BCUT2D eigenvalue weighted by Gasteiger charge is -2.33. The van der Waals surface area contributed by atoms with Crippen molar-refractivity contribution in [2.45, 2.75) is 17.7 Å². The second-order valence-electron chi connectivity index (χ2n) is 6.19. The molecule has 29 heavy (non-hydrogen) atoms. The highest BCUT2D eigenvalue weighted by molar-refractivity contribution is 8.02. The average molecular weight is 440 g/mol. The molecule has 0 aromatic heterocycles. The second kappa shape index (κ2) is 7.88. The number of thioether (sulfide) groups is 1. The van der Waals surface area contributed by atoms with Crippen molar-refractivity contribution in [3.05, 3.63) is 75.7 Å². The largest absolute Gasteiger partial charge is 0.523 e. The highest BCUT2D eigenvalue weighted by Gasteiger charge is 2.53. The Hall–Kier alpha value is -2.25. The van der Waals surface area contributed by atoms with Crippen molar-refractivity contribution in [1.82, 2.24) is 0 Å². The zero-order valence-corrected chi connectivity index (χ0v) is 16.7. The highest BCUT2D eigenvalue weighted by Crippen LogP contribution is 2.41. The van der Waals surface area contributed by atoms with Gasteiger partial charge in [-0.1, -0.05) is 36.1 Å². The van der Waals surface area contributed by atoms with E-state index in [4.69, 9.17) is 0 Å². The summed E-state index contributed by atoms with van der Waals surface area (Å²) in [6, 6.07) is 14.3. The van der Waals surface area contributed by atoms with Gasteiger partial charge in [-0.05, 0) is 47.7 Å². The van der Waals surface area contributed by atoms with E-state index in [9.17, 15) is 26.7 Å². The summed E-state index contributed by atoms with van der Waals surface area (Å²) in [5.41, 5.74) is -3.09. The van der Waals surface area contributed by atoms with Gasteiger partial charge >= 0.3 is 15.6 Å². The number of fused-ring (bicyclic) bond motifs is 1. The molecule has 0 saturated carbocycles. The van der Waals surface area contributed by atoms with Gasteiger partial charge in [-0.3, -0.25) is 0 Å². The van der Waals surface area contributed by atoms with Crippen LogP contribution in [0.4, 0.5) is 13.2 Å². The quantitative estimate of drug-likeness (QED) is 0.340. The Balaban J connectivity index is 1.94. The Bertz CT molecular complexity index is 1110. The topological polar surface area (TPSA) is 63.6 Å². The summed E-state index contributed by atoms with van der Waals surface area (Å²) in [6.07, 6.45) is 2.46. The lowest BCUT2D eigenvalue weighted by Crippen LogP contribution is -2.43. The van der Waals surface area contributed by atoms with Crippen LogP contribution in [0, 0.1) is 11.8 Å². The molecule has 0 spiro atoms. The van der Waals surface area contributed by atoms with E-state index in [2.05, 4.69) is 16.0 Å². The van der Waals surface area contributed by atoms with Gasteiger partial charge in [-0.25, -0.2) is 4.18 Å². The van der Waals surface area contributed by atoms with Crippen molar-refractivity contribution in [1.29, 1.82) is 0 Å². The molecule has 1 N–H and O–H groups in total. The first-order valence-corrected chi connectivity index (χ1v) is 10.9. The minimum absolute atomic E-state index is 0.0500. The number of hydrogen-bond donors (Lipinski definition) is 1. The second-order valence-corrected chi connectivity index (χ2v) is 8.57. The zero-order chi connectivity index (χ0) is 21.3. The normalized spacial score (nSPS) is 19.0. The van der Waals surface area contributed by atoms with E-state index in [0.717, 1.165) is 17.3 Å². The lowest BCUT2D eigenvalue weighted by molar-refractivity contribution is -0.118. The van der Waals surface area contributed by atoms with Crippen molar-refractivity contribution in [3.63, 3.8) is 0 Å². The first kappa shape index (κ1) is 21.5. The maximum atomic E-state index is 12.7. The minimum Gasteiger partial charge on any atom is -0.360 e. The Morgan fingerprint density at radius 2 is 1.76 bits per heavy atom. The monoisotopic (exact) mass is 440 g/mol. The van der Waals surface area contributed by atoms with Crippen LogP contribution in [-0.4, -0.2) is 31.1 Å². The fourth-order valence-corrected chi connectivity index (χ4v) is 4.09. The Kier molecular flexibility index (Phi) is 5.83. The van der Waals surface area contributed by atoms with E-state index in [1.807, 2.05) is 30.3 Å². The zero-order valence-electron chi connectivity index (χ0n) is 15.0. The molecule has 152 valence electrons. The van der Waals surface area contributed by atoms with Crippen LogP contribution in [0.25, 0.3) is 6.08 Å². The van der Waals surface area contributed by atoms with Crippen LogP contribution in [0.3, 0.4) is 0 Å². The minimum atomic E-state index is -5.98. The fraction of sp³-hybridized carbons (Fsp3) is 0.200. The molecule has 4 nitrogen and oxygen atoms in total. The Morgan fingerprint density at radius 1 is 1.10 bits per heavy atom. The van der Waals surface area contributed by atoms with Gasteiger partial charge in [0.15, 0.2) is 0 Å². The first-order valence-electron chi connectivity index (χ1n) is 8.24. The summed E-state index contributed by atoms with van der Waals surface area (Å²) in [5, 5.41) is 10.6. The molecule has 0 aliphatic heterocycles. The van der Waals surface area contributed by atoms with Crippen molar-refractivity contribution in [3.8, 4) is 11.8 Å². The molecular formula is C20H15F3O4S2. The van der Waals surface area contributed by atoms with Crippen LogP contribution in [0.2, 0.25) is 0 Å². The predicted octanol–water partition coefficient (Wildman–Crippen LogP) is 3.90. The fourth-order valence-electron chi connectivity index (χ4n) is 2.75. The summed E-state index contributed by atoms with van der Waals surface area (Å²) in [6.45, 7) is 0. The maximum Gasteiger partial charge on any atom is 0.523 e. The molecule has 0 heterocycles. The summed E-state index contributed by atoms with van der Waals surface area (Å²) >= 11 is 0.902. The van der Waals surface area contributed by atoms with Crippen molar-refractivity contribution >= 4 is 28.0 Å². The number of benzene rings is 2. The molecule has 0 bridgehead atoms. The van der Waals surface area contributed by atoms with E-state index in [-0.39, 0.29) is 4.91 Å². The molecule has 0 radical (unpaired) electrons. The van der Waals surface area contributed by atoms with Crippen LogP contribution in [-0.2, 0) is 20.7 Å². The number of alkyl halides is 3. The van der Waals surface area contributed by atoms with Crippen molar-refractivity contribution in [2.24, 2.45) is 0 Å². The molecule has 2 aromatic rings. The van der Waals surface area contributed by atoms with Gasteiger partial charge in [-0.15, -0.1) is 11.8 Å². The van der Waals surface area contributed by atoms with Crippen LogP contribution in [0.15, 0.2) is 53.4 Å². The molecule has 1 aliphatic rings. The molecule has 1 unspecified atom stereocenters. The van der Waals surface area contributed by atoms with Crippen LogP contribution < -0.4 is 0 Å². The summed E-state index contributed by atoms with van der Waals surface area (Å²) < 4.78 is 65.1. The smallest absolute Gasteiger partial charge is 0.360 e. The third-order valence-corrected chi connectivity index (χ3v) is 6.06. The highest BCUT2D eigenvalue weighted by atomic mass is 32.2. The Labute approximate surface area is 170 Å². The van der Waals surface area contributed by atoms with Gasteiger partial charge < -0.3 is 5.11 Å². The van der Waals surface area contributed by atoms with E-state index < -0.39 is 27.8 Å². The third kappa shape index (κ3) is 4.67. The van der Waals surface area contributed by atoms with E-state index in [1.54, 1.807) is 18.2 Å². The van der Waals surface area contributed by atoms with E-state index in [1.165, 1.54) is 12.3 Å². The number of hydrogen-bond acceptors (Lipinski definition) is 5. The molecule has 0 amide bonds. The molecule has 0 fully saturated rings. The number of halogens is 3. The molecule has 9 heteroatoms. The summed E-state index contributed by atoms with van der Waals surface area (Å²) in [4.78, 5) is -0.0500. The first-order chi connectivity index (χ1) is 13.5. The lowest BCUT2D eigenvalue weighted by atomic mass is 9.92. The third-order valence-electron chi connectivity index (χ3n) is 4.12. The van der Waals surface area contributed by atoms with Crippen molar-refractivity contribution < 1.29 is 30.9 Å². The molecule has 0 saturated heterocycles. The van der Waals surface area contributed by atoms with Gasteiger partial charge in [0.05, 0.1) is 0 Å². The Morgan fingerprint density at radius 3 is 2.38 bits per heavy atom. The molecule has 1 atom stereocenters. The molecule has 2 aromatic carbocycles. The van der Waals surface area contributed by atoms with Gasteiger partial charge in [-0.2, -0.15) is 21.6 Å². The van der Waals surface area contributed by atoms with Gasteiger partial charge in [0.25, 0.3) is 0 Å². The number of aliphatic hydroxyl groups is 1. The molecule has 1 aliphatic carbocycles. The summed E-state index contributed by atoms with van der Waals surface area (Å²) in [5.74, 6) is 3.37. The van der Waals surface area contributed by atoms with Crippen molar-refractivity contribution in [2.75, 3.05) is 6.26 Å². The van der Waals surface area contributed by atoms with E-state index in [0.29, 0.717) is 16.7 Å². The SMILES string of the molecule is CSC1=Cc2cc(C#Cc3ccccc3)ccc2CC1(O)OS(=O)(=O)C(F)(F)F. The van der Waals surface area contributed by atoms with E-state index >= 15 is 0 Å². The standard InChI is InChI=1S/C20H15F3O4S2/c1-28-18-12-17-11-15(8-7-14-5-3-2-4-6-14)9-10-16(17)13-19(18,24)27-29(25,26)20(21,22)23/h2-6,9-12,24H,13H2,1H3. The van der Waals surface area contributed by atoms with Gasteiger partial charge in [0.1, 0.15) is 0 Å². The maximum absolute atomic E-state index is 12.7. The summed E-state index contributed by atoms with van der Waals surface area (Å²) in [7, 11) is -5.98. The predicted molar refractivity (Wildman–Crippen MR) is 105 cm³/mol. The number of rotatable bonds is 3. The van der Waals surface area contributed by atoms with Gasteiger partial charge in [0.2, 0.25) is 5.79 Å². The van der Waals surface area contributed by atoms with Gasteiger partial charge in [0, 0.05) is 22.5 Å². The van der Waals surface area contributed by atoms with Crippen LogP contribution >= 0.6 is 11.8 Å².